The highest BCUT2D eigenvalue weighted by molar-refractivity contribution is 7.99. The third-order valence-electron chi connectivity index (χ3n) is 3.33. The largest absolute Gasteiger partial charge is 0.508 e. The lowest BCUT2D eigenvalue weighted by atomic mass is 10.2. The third kappa shape index (κ3) is 2.76. The molecule has 0 unspecified atom stereocenters. The Bertz CT molecular complexity index is 951. The molecule has 0 aliphatic carbocycles. The van der Waals surface area contributed by atoms with Gasteiger partial charge in [-0.1, -0.05) is 42.1 Å². The van der Waals surface area contributed by atoms with E-state index in [2.05, 4.69) is 15.3 Å². The summed E-state index contributed by atoms with van der Waals surface area (Å²) < 4.78 is 1.75. The Morgan fingerprint density at radius 1 is 0.826 bits per heavy atom. The Morgan fingerprint density at radius 3 is 2.39 bits per heavy atom. The Kier molecular flexibility index (Phi) is 3.44. The molecule has 0 atom stereocenters. The van der Waals surface area contributed by atoms with Crippen LogP contribution in [0.4, 0.5) is 0 Å². The molecule has 5 nitrogen and oxygen atoms in total. The topological polar surface area (TPSA) is 63.3 Å². The van der Waals surface area contributed by atoms with Crippen molar-refractivity contribution in [3.05, 3.63) is 66.7 Å². The van der Waals surface area contributed by atoms with E-state index in [-0.39, 0.29) is 5.75 Å². The summed E-state index contributed by atoms with van der Waals surface area (Å²) in [6.45, 7) is 0. The second-order valence-corrected chi connectivity index (χ2v) is 6.02. The summed E-state index contributed by atoms with van der Waals surface area (Å²) in [7, 11) is 0. The van der Waals surface area contributed by atoms with Crippen molar-refractivity contribution in [3.8, 4) is 17.1 Å². The SMILES string of the molecule is Oc1ccc(Sc2ccc3nnc(-c4ccccc4)n3n2)cc1. The standard InChI is InChI=1S/C17H12N4OS/c22-13-6-8-14(9-7-13)23-16-11-10-15-18-19-17(21(15)20-16)12-4-2-1-3-5-12/h1-11,22H. The van der Waals surface area contributed by atoms with Gasteiger partial charge in [0.15, 0.2) is 11.5 Å². The summed E-state index contributed by atoms with van der Waals surface area (Å²) in [5.41, 5.74) is 1.68. The van der Waals surface area contributed by atoms with Gasteiger partial charge in [-0.25, -0.2) is 0 Å². The molecule has 23 heavy (non-hydrogen) atoms. The molecule has 0 saturated carbocycles. The number of benzene rings is 2. The predicted molar refractivity (Wildman–Crippen MR) is 88.4 cm³/mol. The minimum atomic E-state index is 0.253. The minimum absolute atomic E-state index is 0.253. The van der Waals surface area contributed by atoms with Crippen LogP contribution in [0.1, 0.15) is 0 Å². The van der Waals surface area contributed by atoms with E-state index in [0.717, 1.165) is 15.5 Å². The highest BCUT2D eigenvalue weighted by Gasteiger charge is 2.10. The summed E-state index contributed by atoms with van der Waals surface area (Å²) in [5, 5.41) is 23.2. The molecule has 6 heteroatoms. The lowest BCUT2D eigenvalue weighted by Crippen LogP contribution is -1.96. The fourth-order valence-corrected chi connectivity index (χ4v) is 3.00. The van der Waals surface area contributed by atoms with Crippen LogP contribution in [-0.2, 0) is 0 Å². The van der Waals surface area contributed by atoms with Crippen LogP contribution in [-0.4, -0.2) is 24.9 Å². The Hall–Kier alpha value is -2.86. The number of hydrogen-bond acceptors (Lipinski definition) is 5. The summed E-state index contributed by atoms with van der Waals surface area (Å²) in [5.74, 6) is 0.969. The molecular weight excluding hydrogens is 308 g/mol. The normalized spacial score (nSPS) is 11.0. The van der Waals surface area contributed by atoms with Crippen LogP contribution < -0.4 is 0 Å². The molecule has 2 aromatic carbocycles. The van der Waals surface area contributed by atoms with Crippen molar-refractivity contribution in [2.75, 3.05) is 0 Å². The number of fused-ring (bicyclic) bond motifs is 1. The molecule has 0 aliphatic heterocycles. The molecule has 1 N–H and O–H groups in total. The van der Waals surface area contributed by atoms with Crippen LogP contribution in [0.3, 0.4) is 0 Å². The molecule has 0 fully saturated rings. The first-order chi connectivity index (χ1) is 11.3. The van der Waals surface area contributed by atoms with Crippen molar-refractivity contribution in [3.63, 3.8) is 0 Å². The summed E-state index contributed by atoms with van der Waals surface area (Å²) in [4.78, 5) is 1.00. The van der Waals surface area contributed by atoms with Crippen LogP contribution in [0.15, 0.2) is 76.7 Å². The summed E-state index contributed by atoms with van der Waals surface area (Å²) >= 11 is 1.52. The van der Waals surface area contributed by atoms with Crippen LogP contribution in [0.5, 0.6) is 5.75 Å². The first-order valence-electron chi connectivity index (χ1n) is 7.04. The summed E-state index contributed by atoms with van der Waals surface area (Å²) in [6, 6.07) is 20.7. The van der Waals surface area contributed by atoms with E-state index >= 15 is 0 Å². The van der Waals surface area contributed by atoms with Crippen LogP contribution in [0.25, 0.3) is 17.0 Å². The van der Waals surface area contributed by atoms with Gasteiger partial charge in [-0.3, -0.25) is 0 Å². The number of phenols is 1. The molecule has 2 aromatic heterocycles. The molecule has 112 valence electrons. The Morgan fingerprint density at radius 2 is 1.61 bits per heavy atom. The van der Waals surface area contributed by atoms with E-state index in [9.17, 15) is 5.11 Å². The first kappa shape index (κ1) is 13.8. The van der Waals surface area contributed by atoms with Gasteiger partial charge in [-0.05, 0) is 36.4 Å². The van der Waals surface area contributed by atoms with Gasteiger partial charge in [0.25, 0.3) is 0 Å². The smallest absolute Gasteiger partial charge is 0.185 e. The number of nitrogens with zero attached hydrogens (tertiary/aromatic N) is 4. The van der Waals surface area contributed by atoms with Crippen molar-refractivity contribution >= 4 is 17.4 Å². The molecule has 2 heterocycles. The van der Waals surface area contributed by atoms with Gasteiger partial charge in [0.05, 0.1) is 0 Å². The average Bonchev–Trinajstić information content (AvgIpc) is 3.01. The molecule has 0 saturated heterocycles. The maximum absolute atomic E-state index is 9.35. The van der Waals surface area contributed by atoms with Gasteiger partial charge in [0.1, 0.15) is 10.8 Å². The van der Waals surface area contributed by atoms with Gasteiger partial charge in [0, 0.05) is 10.5 Å². The maximum atomic E-state index is 9.35. The zero-order valence-corrected chi connectivity index (χ0v) is 12.8. The second-order valence-electron chi connectivity index (χ2n) is 4.93. The number of phenolic OH excluding ortho intramolecular Hbond substituents is 1. The zero-order chi connectivity index (χ0) is 15.6. The van der Waals surface area contributed by atoms with E-state index in [1.165, 1.54) is 11.8 Å². The molecule has 4 rings (SSSR count). The van der Waals surface area contributed by atoms with Gasteiger partial charge in [-0.2, -0.15) is 9.61 Å². The first-order valence-corrected chi connectivity index (χ1v) is 7.86. The number of aromatic nitrogens is 4. The van der Waals surface area contributed by atoms with Gasteiger partial charge in [0.2, 0.25) is 0 Å². The maximum Gasteiger partial charge on any atom is 0.185 e. The van der Waals surface area contributed by atoms with Gasteiger partial charge >= 0.3 is 0 Å². The van der Waals surface area contributed by atoms with Crippen LogP contribution in [0.2, 0.25) is 0 Å². The lowest BCUT2D eigenvalue weighted by molar-refractivity contribution is 0.475. The highest BCUT2D eigenvalue weighted by Crippen LogP contribution is 2.28. The highest BCUT2D eigenvalue weighted by atomic mass is 32.2. The Labute approximate surface area is 136 Å². The lowest BCUT2D eigenvalue weighted by Gasteiger charge is -2.03. The quantitative estimate of drug-likeness (QED) is 0.624. The van der Waals surface area contributed by atoms with Gasteiger partial charge in [-0.15, -0.1) is 10.2 Å². The second kappa shape index (κ2) is 5.73. The molecule has 0 aliphatic rings. The third-order valence-corrected chi connectivity index (χ3v) is 4.26. The number of aromatic hydroxyl groups is 1. The fourth-order valence-electron chi connectivity index (χ4n) is 2.23. The fraction of sp³-hybridized carbons (Fsp3) is 0. The number of hydrogen-bond donors (Lipinski definition) is 1. The van der Waals surface area contributed by atoms with Crippen molar-refractivity contribution in [2.45, 2.75) is 9.92 Å². The van der Waals surface area contributed by atoms with Crippen molar-refractivity contribution in [1.29, 1.82) is 0 Å². The van der Waals surface area contributed by atoms with E-state index < -0.39 is 0 Å². The predicted octanol–water partition coefficient (Wildman–Crippen LogP) is 3.65. The van der Waals surface area contributed by atoms with Crippen LogP contribution >= 0.6 is 11.8 Å². The molecular formula is C17H12N4OS. The molecule has 0 bridgehead atoms. The molecule has 0 amide bonds. The van der Waals surface area contributed by atoms with E-state index in [0.29, 0.717) is 11.5 Å². The molecule has 4 aromatic rings. The van der Waals surface area contributed by atoms with E-state index in [4.69, 9.17) is 0 Å². The molecule has 0 spiro atoms. The Balaban J connectivity index is 1.73. The number of rotatable bonds is 3. The molecule has 0 radical (unpaired) electrons. The van der Waals surface area contributed by atoms with E-state index in [1.54, 1.807) is 16.6 Å². The van der Waals surface area contributed by atoms with Crippen molar-refractivity contribution in [2.24, 2.45) is 0 Å². The van der Waals surface area contributed by atoms with Crippen molar-refractivity contribution in [1.82, 2.24) is 19.8 Å². The van der Waals surface area contributed by atoms with Crippen LogP contribution in [0, 0.1) is 0 Å². The van der Waals surface area contributed by atoms with Crippen molar-refractivity contribution < 1.29 is 5.11 Å². The summed E-state index contributed by atoms with van der Waals surface area (Å²) in [6.07, 6.45) is 0. The zero-order valence-electron chi connectivity index (χ0n) is 12.0. The van der Waals surface area contributed by atoms with E-state index in [1.807, 2.05) is 54.6 Å². The average molecular weight is 320 g/mol. The van der Waals surface area contributed by atoms with Gasteiger partial charge < -0.3 is 5.11 Å². The minimum Gasteiger partial charge on any atom is -0.508 e. The monoisotopic (exact) mass is 320 g/mol.